The molecule has 0 saturated carbocycles. The molecule has 2 aromatic rings. The third-order valence-corrected chi connectivity index (χ3v) is 8.09. The van der Waals surface area contributed by atoms with Gasteiger partial charge in [0.2, 0.25) is 11.8 Å². The highest BCUT2D eigenvalue weighted by Crippen LogP contribution is 2.38. The number of carbonyl (C=O) groups is 3. The Hall–Kier alpha value is -2.36. The van der Waals surface area contributed by atoms with Crippen molar-refractivity contribution >= 4 is 51.5 Å². The maximum absolute atomic E-state index is 13.0. The molecule has 0 bridgehead atoms. The first-order valence-corrected chi connectivity index (χ1v) is 13.1. The highest BCUT2D eigenvalue weighted by Gasteiger charge is 2.28. The molecule has 0 saturated heterocycles. The van der Waals surface area contributed by atoms with Crippen LogP contribution in [-0.4, -0.2) is 50.3 Å². The Morgan fingerprint density at radius 2 is 2.00 bits per heavy atom. The molecule has 0 spiro atoms. The molecule has 2 aliphatic rings. The Kier molecular flexibility index (Phi) is 8.06. The second-order valence-corrected chi connectivity index (χ2v) is 10.2. The van der Waals surface area contributed by atoms with Crippen molar-refractivity contribution in [3.05, 3.63) is 40.3 Å². The van der Waals surface area contributed by atoms with Gasteiger partial charge >= 0.3 is 0 Å². The van der Waals surface area contributed by atoms with Crippen molar-refractivity contribution in [1.29, 1.82) is 0 Å². The van der Waals surface area contributed by atoms with Gasteiger partial charge in [0, 0.05) is 43.0 Å². The van der Waals surface area contributed by atoms with Crippen LogP contribution in [0.4, 0.5) is 10.7 Å². The van der Waals surface area contributed by atoms with E-state index in [1.54, 1.807) is 12.0 Å². The van der Waals surface area contributed by atoms with E-state index in [2.05, 4.69) is 10.6 Å². The molecule has 1 aromatic carbocycles. The number of thioether (sulfide) groups is 1. The summed E-state index contributed by atoms with van der Waals surface area (Å²) in [4.78, 5) is 42.2. The molecule has 0 fully saturated rings. The van der Waals surface area contributed by atoms with Gasteiger partial charge in [0.25, 0.3) is 5.91 Å². The van der Waals surface area contributed by atoms with Crippen LogP contribution in [0.2, 0.25) is 0 Å². The summed E-state index contributed by atoms with van der Waals surface area (Å²) < 4.78 is 5.05. The van der Waals surface area contributed by atoms with Crippen LogP contribution in [0.5, 0.6) is 0 Å². The Morgan fingerprint density at radius 1 is 1.18 bits per heavy atom. The molecule has 7 nitrogen and oxygen atoms in total. The summed E-state index contributed by atoms with van der Waals surface area (Å²) in [5.74, 6) is 0.0571. The second-order valence-electron chi connectivity index (χ2n) is 8.12. The molecule has 0 radical (unpaired) electrons. The Labute approximate surface area is 202 Å². The first-order valence-electron chi connectivity index (χ1n) is 11.3. The molecule has 2 heterocycles. The summed E-state index contributed by atoms with van der Waals surface area (Å²) in [5, 5.41) is 6.57. The largest absolute Gasteiger partial charge is 0.385 e. The minimum Gasteiger partial charge on any atom is -0.385 e. The van der Waals surface area contributed by atoms with Crippen LogP contribution in [0.1, 0.15) is 46.5 Å². The van der Waals surface area contributed by atoms with Gasteiger partial charge in [-0.1, -0.05) is 12.1 Å². The summed E-state index contributed by atoms with van der Waals surface area (Å²) in [6, 6.07) is 7.76. The fourth-order valence-electron chi connectivity index (χ4n) is 4.20. The van der Waals surface area contributed by atoms with E-state index in [1.165, 1.54) is 28.0 Å². The normalized spacial score (nSPS) is 15.1. The highest BCUT2D eigenvalue weighted by atomic mass is 32.2. The molecule has 1 aromatic heterocycles. The number of carbonyl (C=O) groups excluding carboxylic acids is 3. The molecule has 1 aliphatic heterocycles. The number of rotatable bonds is 9. The van der Waals surface area contributed by atoms with Crippen LogP contribution >= 0.6 is 23.1 Å². The van der Waals surface area contributed by atoms with Gasteiger partial charge in [0.15, 0.2) is 0 Å². The maximum Gasteiger partial charge on any atom is 0.254 e. The number of anilines is 2. The zero-order valence-electron chi connectivity index (χ0n) is 18.8. The topological polar surface area (TPSA) is 87.7 Å². The van der Waals surface area contributed by atoms with Gasteiger partial charge in [-0.15, -0.1) is 23.1 Å². The Balaban J connectivity index is 1.44. The van der Waals surface area contributed by atoms with E-state index in [1.807, 2.05) is 24.3 Å². The van der Waals surface area contributed by atoms with Crippen LogP contribution in [0, 0.1) is 0 Å². The van der Waals surface area contributed by atoms with Crippen molar-refractivity contribution in [3.8, 4) is 0 Å². The van der Waals surface area contributed by atoms with Crippen LogP contribution in [0.3, 0.4) is 0 Å². The molecule has 2 N–H and O–H groups in total. The third kappa shape index (κ3) is 5.59. The van der Waals surface area contributed by atoms with Crippen LogP contribution < -0.4 is 15.5 Å². The number of nitrogens with zero attached hydrogens (tertiary/aromatic N) is 1. The smallest absolute Gasteiger partial charge is 0.254 e. The number of aryl methyl sites for hydroxylation is 1. The number of para-hydroxylation sites is 1. The molecule has 176 valence electrons. The molecular weight excluding hydrogens is 458 g/mol. The fraction of sp³-hybridized carbons (Fsp3) is 0.458. The van der Waals surface area contributed by atoms with Crippen molar-refractivity contribution in [2.75, 3.05) is 42.8 Å². The number of thiophene rings is 1. The van der Waals surface area contributed by atoms with E-state index in [4.69, 9.17) is 4.74 Å². The van der Waals surface area contributed by atoms with Crippen LogP contribution in [0.15, 0.2) is 29.2 Å². The predicted octanol–water partition coefficient (Wildman–Crippen LogP) is 3.86. The number of hydrogen-bond donors (Lipinski definition) is 2. The minimum atomic E-state index is -0.189. The van der Waals surface area contributed by atoms with Crippen molar-refractivity contribution in [2.45, 2.75) is 43.4 Å². The lowest BCUT2D eigenvalue weighted by atomic mass is 9.95. The number of nitrogens with one attached hydrogen (secondary N) is 2. The quantitative estimate of drug-likeness (QED) is 0.525. The number of ether oxygens (including phenoxy) is 1. The van der Waals surface area contributed by atoms with Crippen molar-refractivity contribution < 1.29 is 19.1 Å². The van der Waals surface area contributed by atoms with Gasteiger partial charge < -0.3 is 20.3 Å². The van der Waals surface area contributed by atoms with E-state index < -0.39 is 0 Å². The zero-order chi connectivity index (χ0) is 23.2. The lowest BCUT2D eigenvalue weighted by molar-refractivity contribution is -0.117. The monoisotopic (exact) mass is 487 g/mol. The molecule has 3 amide bonds. The Bertz CT molecular complexity index is 1040. The number of amides is 3. The standard InChI is InChI=1S/C24H29N3O4S2/c1-31-14-6-12-25-23(30)22-16-7-2-4-9-18(16)33-24(22)26-20(28)11-13-27-17-8-3-5-10-19(17)32-15-21(27)29/h3,5,8,10H,2,4,6-7,9,11-15H2,1H3,(H,25,30)(H,26,28). The predicted molar refractivity (Wildman–Crippen MR) is 133 cm³/mol. The summed E-state index contributed by atoms with van der Waals surface area (Å²) in [5.41, 5.74) is 2.54. The van der Waals surface area contributed by atoms with Crippen LogP contribution in [0.25, 0.3) is 0 Å². The van der Waals surface area contributed by atoms with Crippen molar-refractivity contribution in [2.24, 2.45) is 0 Å². The summed E-state index contributed by atoms with van der Waals surface area (Å²) >= 11 is 3.04. The molecule has 33 heavy (non-hydrogen) atoms. The third-order valence-electron chi connectivity index (χ3n) is 5.83. The molecule has 9 heteroatoms. The first kappa shape index (κ1) is 23.8. The van der Waals surface area contributed by atoms with E-state index in [9.17, 15) is 14.4 Å². The SMILES string of the molecule is COCCCNC(=O)c1c(NC(=O)CCN2C(=O)CSc3ccccc32)sc2c1CCCC2. The van der Waals surface area contributed by atoms with E-state index in [0.717, 1.165) is 48.3 Å². The molecule has 0 atom stereocenters. The average molecular weight is 488 g/mol. The van der Waals surface area contributed by atoms with Crippen molar-refractivity contribution in [1.82, 2.24) is 5.32 Å². The van der Waals surface area contributed by atoms with Crippen LogP contribution in [-0.2, 0) is 27.2 Å². The summed E-state index contributed by atoms with van der Waals surface area (Å²) in [7, 11) is 1.64. The molecule has 4 rings (SSSR count). The average Bonchev–Trinajstić information content (AvgIpc) is 3.19. The van der Waals surface area contributed by atoms with E-state index in [-0.39, 0.29) is 24.1 Å². The summed E-state index contributed by atoms with van der Waals surface area (Å²) in [6.45, 7) is 1.42. The van der Waals surface area contributed by atoms with Crippen molar-refractivity contribution in [3.63, 3.8) is 0 Å². The summed E-state index contributed by atoms with van der Waals surface area (Å²) in [6.07, 6.45) is 4.86. The molecular formula is C24H29N3O4S2. The van der Waals surface area contributed by atoms with Gasteiger partial charge in [0.1, 0.15) is 5.00 Å². The minimum absolute atomic E-state index is 0.00853. The number of hydrogen-bond acceptors (Lipinski definition) is 6. The van der Waals surface area contributed by atoms with Gasteiger partial charge in [-0.2, -0.15) is 0 Å². The molecule has 1 aliphatic carbocycles. The van der Waals surface area contributed by atoms with E-state index in [0.29, 0.717) is 36.0 Å². The lowest BCUT2D eigenvalue weighted by Gasteiger charge is -2.28. The maximum atomic E-state index is 13.0. The highest BCUT2D eigenvalue weighted by molar-refractivity contribution is 8.00. The fourth-order valence-corrected chi connectivity index (χ4v) is 6.44. The Morgan fingerprint density at radius 3 is 2.85 bits per heavy atom. The number of methoxy groups -OCH3 is 1. The number of fused-ring (bicyclic) bond motifs is 2. The second kappa shape index (κ2) is 11.2. The van der Waals surface area contributed by atoms with Gasteiger partial charge in [-0.3, -0.25) is 14.4 Å². The van der Waals surface area contributed by atoms with E-state index >= 15 is 0 Å². The van der Waals surface area contributed by atoms with Gasteiger partial charge in [0.05, 0.1) is 17.0 Å². The van der Waals surface area contributed by atoms with Gasteiger partial charge in [-0.05, 0) is 49.8 Å². The van der Waals surface area contributed by atoms with Gasteiger partial charge in [-0.25, -0.2) is 0 Å². The lowest BCUT2D eigenvalue weighted by Crippen LogP contribution is -2.37. The molecule has 0 unspecified atom stereocenters. The zero-order valence-corrected chi connectivity index (χ0v) is 20.4. The first-order chi connectivity index (χ1) is 16.1. The number of benzene rings is 1.